The molecule has 0 saturated heterocycles. The molecule has 38 heavy (non-hydrogen) atoms. The lowest BCUT2D eigenvalue weighted by molar-refractivity contribution is 0.0950. The van der Waals surface area contributed by atoms with E-state index in [4.69, 9.17) is 5.73 Å². The molecule has 0 bridgehead atoms. The highest BCUT2D eigenvalue weighted by molar-refractivity contribution is 5.96. The number of carbonyl (C=O) groups is 1. The zero-order chi connectivity index (χ0) is 26.4. The van der Waals surface area contributed by atoms with Crippen LogP contribution in [0, 0.1) is 12.7 Å². The van der Waals surface area contributed by atoms with Crippen molar-refractivity contribution in [3.63, 3.8) is 0 Å². The maximum absolute atomic E-state index is 14.4. The Morgan fingerprint density at radius 1 is 1.00 bits per heavy atom. The van der Waals surface area contributed by atoms with Gasteiger partial charge in [0, 0.05) is 29.3 Å². The molecule has 0 fully saturated rings. The Balaban J connectivity index is 1.26. The third-order valence-corrected chi connectivity index (χ3v) is 7.45. The van der Waals surface area contributed by atoms with Gasteiger partial charge in [0.2, 0.25) is 0 Å². The average molecular weight is 504 g/mol. The lowest BCUT2D eigenvalue weighted by Crippen LogP contribution is -2.24. The molecule has 1 atom stereocenters. The number of anilines is 1. The van der Waals surface area contributed by atoms with Crippen LogP contribution in [0.1, 0.15) is 49.8 Å². The molecule has 1 heterocycles. The van der Waals surface area contributed by atoms with Gasteiger partial charge in [-0.25, -0.2) is 9.37 Å². The van der Waals surface area contributed by atoms with Crippen LogP contribution in [0.3, 0.4) is 0 Å². The van der Waals surface area contributed by atoms with Crippen molar-refractivity contribution in [2.45, 2.75) is 26.0 Å². The number of rotatable bonds is 4. The highest BCUT2D eigenvalue weighted by atomic mass is 19.1. The number of carbonyl (C=O) groups excluding carboxylic acids is 1. The number of hydrogen-bond donors (Lipinski definition) is 3. The van der Waals surface area contributed by atoms with Gasteiger partial charge in [0.1, 0.15) is 17.7 Å². The minimum atomic E-state index is -0.807. The largest absolute Gasteiger partial charge is 0.384 e. The summed E-state index contributed by atoms with van der Waals surface area (Å²) in [5.41, 5.74) is 13.3. The number of nitrogens with zero attached hydrogens (tertiary/aromatic N) is 1. The summed E-state index contributed by atoms with van der Waals surface area (Å²) < 4.78 is 14.4. The number of nitrogens with two attached hydrogens (primary N) is 1. The van der Waals surface area contributed by atoms with E-state index in [1.54, 1.807) is 30.5 Å². The summed E-state index contributed by atoms with van der Waals surface area (Å²) >= 11 is 0. The van der Waals surface area contributed by atoms with Crippen LogP contribution in [0.5, 0.6) is 0 Å². The standard InChI is InChI=1S/C32H26FN3O2/c1-18-6-9-27-26(12-13-35-31(27)34)28(18)17-36-32(38)20-8-11-25-22(15-20)16-21-14-19(7-10-24(21)30(25)37)23-4-2-3-5-29(23)33/h2-15,30,37H,16-17H2,1H3,(H2,34,35)(H,36,38)/t30-/m0/s1. The van der Waals surface area contributed by atoms with E-state index in [0.717, 1.165) is 49.7 Å². The zero-order valence-electron chi connectivity index (χ0n) is 20.8. The van der Waals surface area contributed by atoms with E-state index in [9.17, 15) is 14.3 Å². The smallest absolute Gasteiger partial charge is 0.251 e. The topological polar surface area (TPSA) is 88.2 Å². The molecule has 0 spiro atoms. The lowest BCUT2D eigenvalue weighted by Gasteiger charge is -2.26. The molecule has 1 aliphatic rings. The number of fused-ring (bicyclic) bond motifs is 3. The Hall–Kier alpha value is -4.55. The van der Waals surface area contributed by atoms with Gasteiger partial charge in [-0.2, -0.15) is 0 Å². The van der Waals surface area contributed by atoms with Crippen molar-refractivity contribution >= 4 is 22.5 Å². The van der Waals surface area contributed by atoms with Crippen molar-refractivity contribution < 1.29 is 14.3 Å². The summed E-state index contributed by atoms with van der Waals surface area (Å²) in [5, 5.41) is 15.9. The Kier molecular flexibility index (Phi) is 5.89. The first-order valence-corrected chi connectivity index (χ1v) is 12.5. The molecule has 0 aliphatic heterocycles. The molecule has 0 unspecified atom stereocenters. The SMILES string of the molecule is Cc1ccc2c(N)nccc2c1CNC(=O)c1ccc2c(c1)Cc1cc(-c3ccccc3F)ccc1[C@@H]2O. The summed E-state index contributed by atoms with van der Waals surface area (Å²) in [7, 11) is 0. The van der Waals surface area contributed by atoms with Crippen LogP contribution in [-0.4, -0.2) is 16.0 Å². The molecule has 6 heteroatoms. The van der Waals surface area contributed by atoms with Crippen LogP contribution < -0.4 is 11.1 Å². The van der Waals surface area contributed by atoms with Crippen LogP contribution in [0.15, 0.2) is 85.1 Å². The molecule has 188 valence electrons. The van der Waals surface area contributed by atoms with Gasteiger partial charge in [0.05, 0.1) is 0 Å². The molecule has 5 nitrogen and oxygen atoms in total. The van der Waals surface area contributed by atoms with Crippen molar-refractivity contribution in [3.8, 4) is 11.1 Å². The van der Waals surface area contributed by atoms with E-state index in [-0.39, 0.29) is 11.7 Å². The number of aliphatic hydroxyl groups excluding tert-OH is 1. The van der Waals surface area contributed by atoms with E-state index in [1.165, 1.54) is 6.07 Å². The summed E-state index contributed by atoms with van der Waals surface area (Å²) in [4.78, 5) is 17.3. The van der Waals surface area contributed by atoms with E-state index < -0.39 is 6.10 Å². The van der Waals surface area contributed by atoms with Gasteiger partial charge in [-0.15, -0.1) is 0 Å². The summed E-state index contributed by atoms with van der Waals surface area (Å²) in [6.45, 7) is 2.35. The summed E-state index contributed by atoms with van der Waals surface area (Å²) in [6, 6.07) is 23.5. The number of nitrogens with one attached hydrogen (secondary N) is 1. The highest BCUT2D eigenvalue weighted by Crippen LogP contribution is 2.37. The Bertz CT molecular complexity index is 1730. The fraction of sp³-hybridized carbons (Fsp3) is 0.125. The summed E-state index contributed by atoms with van der Waals surface area (Å²) in [5.74, 6) is -0.0306. The first-order chi connectivity index (χ1) is 18.4. The second kappa shape index (κ2) is 9.39. The van der Waals surface area contributed by atoms with Gasteiger partial charge >= 0.3 is 0 Å². The normalized spacial score (nSPS) is 14.1. The number of aromatic nitrogens is 1. The van der Waals surface area contributed by atoms with Crippen LogP contribution >= 0.6 is 0 Å². The number of pyridine rings is 1. The number of hydrogen-bond acceptors (Lipinski definition) is 4. The molecule has 0 saturated carbocycles. The maximum atomic E-state index is 14.4. The van der Waals surface area contributed by atoms with Crippen molar-refractivity contribution in [1.29, 1.82) is 0 Å². The molecular formula is C32H26FN3O2. The predicted octanol–water partition coefficient (Wildman–Crippen LogP) is 5.85. The molecule has 5 aromatic rings. The lowest BCUT2D eigenvalue weighted by atomic mass is 9.82. The van der Waals surface area contributed by atoms with Gasteiger partial charge in [-0.3, -0.25) is 4.79 Å². The Morgan fingerprint density at radius 2 is 1.76 bits per heavy atom. The highest BCUT2D eigenvalue weighted by Gasteiger charge is 2.25. The number of aryl methyl sites for hydroxylation is 1. The number of halogens is 1. The maximum Gasteiger partial charge on any atom is 0.251 e. The Labute approximate surface area is 219 Å². The second-order valence-electron chi connectivity index (χ2n) is 9.72. The average Bonchev–Trinajstić information content (AvgIpc) is 2.92. The van der Waals surface area contributed by atoms with E-state index in [1.807, 2.05) is 55.5 Å². The molecular weight excluding hydrogens is 477 g/mol. The van der Waals surface area contributed by atoms with Gasteiger partial charge in [0.15, 0.2) is 0 Å². The van der Waals surface area contributed by atoms with Crippen LogP contribution in [0.2, 0.25) is 0 Å². The van der Waals surface area contributed by atoms with E-state index in [0.29, 0.717) is 29.9 Å². The minimum absolute atomic E-state index is 0.202. The summed E-state index contributed by atoms with van der Waals surface area (Å²) in [6.07, 6.45) is 1.41. The fourth-order valence-corrected chi connectivity index (χ4v) is 5.38. The molecule has 4 N–H and O–H groups in total. The van der Waals surface area contributed by atoms with Crippen molar-refractivity contribution in [1.82, 2.24) is 10.3 Å². The van der Waals surface area contributed by atoms with E-state index >= 15 is 0 Å². The first-order valence-electron chi connectivity index (χ1n) is 12.5. The molecule has 1 aromatic heterocycles. The quantitative estimate of drug-likeness (QED) is 0.287. The predicted molar refractivity (Wildman–Crippen MR) is 147 cm³/mol. The van der Waals surface area contributed by atoms with Crippen LogP contribution in [0.4, 0.5) is 10.2 Å². The van der Waals surface area contributed by atoms with Gasteiger partial charge < -0.3 is 16.2 Å². The van der Waals surface area contributed by atoms with Crippen molar-refractivity contribution in [2.75, 3.05) is 5.73 Å². The third kappa shape index (κ3) is 4.09. The number of benzene rings is 4. The molecule has 1 amide bonds. The van der Waals surface area contributed by atoms with Crippen molar-refractivity contribution in [2.24, 2.45) is 0 Å². The second-order valence-corrected chi connectivity index (χ2v) is 9.72. The van der Waals surface area contributed by atoms with Gasteiger partial charge in [-0.05, 0) is 81.9 Å². The Morgan fingerprint density at radius 3 is 2.58 bits per heavy atom. The van der Waals surface area contributed by atoms with Gasteiger partial charge in [0.25, 0.3) is 5.91 Å². The van der Waals surface area contributed by atoms with Gasteiger partial charge in [-0.1, -0.05) is 54.6 Å². The number of nitrogen functional groups attached to an aromatic ring is 1. The van der Waals surface area contributed by atoms with Crippen LogP contribution in [0.25, 0.3) is 21.9 Å². The number of amides is 1. The van der Waals surface area contributed by atoms with Crippen LogP contribution in [-0.2, 0) is 13.0 Å². The van der Waals surface area contributed by atoms with E-state index in [2.05, 4.69) is 10.3 Å². The fourth-order valence-electron chi connectivity index (χ4n) is 5.38. The zero-order valence-corrected chi connectivity index (χ0v) is 20.8. The monoisotopic (exact) mass is 503 g/mol. The van der Waals surface area contributed by atoms with Crippen molar-refractivity contribution in [3.05, 3.63) is 130 Å². The minimum Gasteiger partial charge on any atom is -0.384 e. The first kappa shape index (κ1) is 23.8. The molecule has 6 rings (SSSR count). The molecule has 4 aromatic carbocycles. The number of aliphatic hydroxyl groups is 1. The molecule has 0 radical (unpaired) electrons. The molecule has 1 aliphatic carbocycles. The third-order valence-electron chi connectivity index (χ3n) is 7.45.